The Bertz CT molecular complexity index is 809. The smallest absolute Gasteiger partial charge is 0.119 e. The van der Waals surface area contributed by atoms with E-state index in [1.807, 2.05) is 12.1 Å². The van der Waals surface area contributed by atoms with Gasteiger partial charge in [0.25, 0.3) is 0 Å². The van der Waals surface area contributed by atoms with Crippen LogP contribution in [0.3, 0.4) is 0 Å². The molecule has 2 N–H and O–H groups in total. The van der Waals surface area contributed by atoms with Gasteiger partial charge in [-0.2, -0.15) is 0 Å². The van der Waals surface area contributed by atoms with Crippen LogP contribution in [0.2, 0.25) is 0 Å². The standard InChI is InChI=1S/C27H40O2/c1-11-16(2)25(19-14-21(26(5,6)7)23(28)12-17(19)3)20-15-22(27(8,9)10)24(29)13-18(20)4/h12-16,25,28-29H,11H2,1-10H3. The molecule has 2 nitrogen and oxygen atoms in total. The van der Waals surface area contributed by atoms with Crippen LogP contribution in [0.15, 0.2) is 24.3 Å². The van der Waals surface area contributed by atoms with Crippen LogP contribution in [0.1, 0.15) is 101 Å². The number of aryl methyl sites for hydroxylation is 2. The van der Waals surface area contributed by atoms with Crippen LogP contribution >= 0.6 is 0 Å². The Labute approximate surface area is 178 Å². The van der Waals surface area contributed by atoms with Crippen LogP contribution in [0.5, 0.6) is 11.5 Å². The van der Waals surface area contributed by atoms with E-state index >= 15 is 0 Å². The Balaban J connectivity index is 2.82. The fourth-order valence-corrected chi connectivity index (χ4v) is 4.31. The van der Waals surface area contributed by atoms with E-state index in [0.29, 0.717) is 17.4 Å². The van der Waals surface area contributed by atoms with E-state index in [0.717, 1.165) is 28.7 Å². The average molecular weight is 397 g/mol. The summed E-state index contributed by atoms with van der Waals surface area (Å²) in [6, 6.07) is 8.27. The summed E-state index contributed by atoms with van der Waals surface area (Å²) < 4.78 is 0. The third kappa shape index (κ3) is 4.79. The van der Waals surface area contributed by atoms with Crippen molar-refractivity contribution in [2.75, 3.05) is 0 Å². The Morgan fingerprint density at radius 3 is 1.34 bits per heavy atom. The first-order valence-electron chi connectivity index (χ1n) is 10.9. The summed E-state index contributed by atoms with van der Waals surface area (Å²) in [4.78, 5) is 0. The topological polar surface area (TPSA) is 40.5 Å². The fourth-order valence-electron chi connectivity index (χ4n) is 4.31. The summed E-state index contributed by atoms with van der Waals surface area (Å²) in [7, 11) is 0. The van der Waals surface area contributed by atoms with Crippen molar-refractivity contribution in [1.82, 2.24) is 0 Å². The molecule has 2 heteroatoms. The lowest BCUT2D eigenvalue weighted by atomic mass is 9.73. The van der Waals surface area contributed by atoms with Crippen molar-refractivity contribution in [1.29, 1.82) is 0 Å². The maximum atomic E-state index is 10.6. The molecule has 160 valence electrons. The molecule has 0 aliphatic rings. The van der Waals surface area contributed by atoms with Crippen molar-refractivity contribution in [3.05, 3.63) is 57.6 Å². The lowest BCUT2D eigenvalue weighted by Crippen LogP contribution is -2.19. The minimum absolute atomic E-state index is 0.132. The van der Waals surface area contributed by atoms with E-state index in [2.05, 4.69) is 81.4 Å². The van der Waals surface area contributed by atoms with Crippen molar-refractivity contribution in [2.24, 2.45) is 5.92 Å². The first kappa shape index (κ1) is 23.3. The van der Waals surface area contributed by atoms with Gasteiger partial charge in [0.05, 0.1) is 0 Å². The summed E-state index contributed by atoms with van der Waals surface area (Å²) in [5.74, 6) is 1.39. The van der Waals surface area contributed by atoms with Gasteiger partial charge in [0.2, 0.25) is 0 Å². The molecular weight excluding hydrogens is 356 g/mol. The molecule has 0 amide bonds. The minimum atomic E-state index is -0.132. The Morgan fingerprint density at radius 1 is 0.724 bits per heavy atom. The highest BCUT2D eigenvalue weighted by Crippen LogP contribution is 2.44. The van der Waals surface area contributed by atoms with Gasteiger partial charge >= 0.3 is 0 Å². The van der Waals surface area contributed by atoms with E-state index in [4.69, 9.17) is 0 Å². The third-order valence-electron chi connectivity index (χ3n) is 6.27. The summed E-state index contributed by atoms with van der Waals surface area (Å²) >= 11 is 0. The van der Waals surface area contributed by atoms with Crippen LogP contribution in [0.4, 0.5) is 0 Å². The second-order valence-electron chi connectivity index (χ2n) is 10.8. The Morgan fingerprint density at radius 2 is 1.07 bits per heavy atom. The van der Waals surface area contributed by atoms with Crippen molar-refractivity contribution in [2.45, 2.75) is 92.4 Å². The molecule has 0 aliphatic heterocycles. The van der Waals surface area contributed by atoms with Gasteiger partial charge < -0.3 is 10.2 Å². The largest absolute Gasteiger partial charge is 0.508 e. The van der Waals surface area contributed by atoms with E-state index in [9.17, 15) is 10.2 Å². The maximum absolute atomic E-state index is 10.6. The number of phenols is 2. The zero-order chi connectivity index (χ0) is 22.3. The summed E-state index contributed by atoms with van der Waals surface area (Å²) in [6.07, 6.45) is 1.06. The summed E-state index contributed by atoms with van der Waals surface area (Å²) in [5, 5.41) is 21.2. The second-order valence-corrected chi connectivity index (χ2v) is 10.8. The van der Waals surface area contributed by atoms with E-state index in [1.165, 1.54) is 11.1 Å². The molecule has 0 bridgehead atoms. The van der Waals surface area contributed by atoms with Gasteiger partial charge in [0.15, 0.2) is 0 Å². The molecule has 0 fully saturated rings. The maximum Gasteiger partial charge on any atom is 0.119 e. The zero-order valence-corrected chi connectivity index (χ0v) is 20.1. The van der Waals surface area contributed by atoms with Crippen LogP contribution < -0.4 is 0 Å². The number of rotatable bonds is 4. The number of aromatic hydroxyl groups is 2. The highest BCUT2D eigenvalue weighted by atomic mass is 16.3. The normalized spacial score (nSPS) is 13.8. The molecule has 0 aliphatic carbocycles. The monoisotopic (exact) mass is 396 g/mol. The van der Waals surface area contributed by atoms with Crippen molar-refractivity contribution < 1.29 is 10.2 Å². The first-order valence-corrected chi connectivity index (χ1v) is 10.9. The predicted molar refractivity (Wildman–Crippen MR) is 124 cm³/mol. The van der Waals surface area contributed by atoms with Gasteiger partial charge in [0.1, 0.15) is 11.5 Å². The molecule has 0 aromatic heterocycles. The molecule has 0 saturated heterocycles. The van der Waals surface area contributed by atoms with Crippen LogP contribution in [0, 0.1) is 19.8 Å². The fraction of sp³-hybridized carbons (Fsp3) is 0.556. The molecule has 1 unspecified atom stereocenters. The second kappa shape index (κ2) is 8.05. The minimum Gasteiger partial charge on any atom is -0.508 e. The number of hydrogen-bond donors (Lipinski definition) is 2. The molecule has 0 saturated carbocycles. The van der Waals surface area contributed by atoms with Crippen LogP contribution in [-0.4, -0.2) is 10.2 Å². The lowest BCUT2D eigenvalue weighted by Gasteiger charge is -2.31. The molecule has 0 spiro atoms. The van der Waals surface area contributed by atoms with Crippen molar-refractivity contribution in [3.63, 3.8) is 0 Å². The molecule has 29 heavy (non-hydrogen) atoms. The van der Waals surface area contributed by atoms with Gasteiger partial charge in [-0.3, -0.25) is 0 Å². The van der Waals surface area contributed by atoms with Gasteiger partial charge in [0, 0.05) is 5.92 Å². The van der Waals surface area contributed by atoms with Crippen LogP contribution in [0.25, 0.3) is 0 Å². The Hall–Kier alpha value is -1.96. The molecule has 2 aromatic rings. The van der Waals surface area contributed by atoms with Crippen LogP contribution in [-0.2, 0) is 10.8 Å². The lowest BCUT2D eigenvalue weighted by molar-refractivity contribution is 0.440. The van der Waals surface area contributed by atoms with Crippen molar-refractivity contribution in [3.8, 4) is 11.5 Å². The summed E-state index contributed by atoms with van der Waals surface area (Å²) in [5.41, 5.74) is 6.49. The van der Waals surface area contributed by atoms with Crippen molar-refractivity contribution >= 4 is 0 Å². The molecule has 0 heterocycles. The van der Waals surface area contributed by atoms with E-state index in [1.54, 1.807) is 0 Å². The number of hydrogen-bond acceptors (Lipinski definition) is 2. The number of phenolic OH excluding ortho intramolecular Hbond substituents is 2. The Kier molecular flexibility index (Phi) is 6.47. The quantitative estimate of drug-likeness (QED) is 0.562. The SMILES string of the molecule is CCC(C)C(c1cc(C(C)(C)C)c(O)cc1C)c1cc(C(C)(C)C)c(O)cc1C. The molecule has 2 aromatic carbocycles. The molecule has 0 radical (unpaired) electrons. The molecule has 1 atom stereocenters. The highest BCUT2D eigenvalue weighted by Gasteiger charge is 2.29. The first-order chi connectivity index (χ1) is 13.2. The van der Waals surface area contributed by atoms with Gasteiger partial charge in [-0.05, 0) is 76.1 Å². The highest BCUT2D eigenvalue weighted by molar-refractivity contribution is 5.53. The van der Waals surface area contributed by atoms with Gasteiger partial charge in [-0.1, -0.05) is 73.9 Å². The molecule has 2 rings (SSSR count). The zero-order valence-electron chi connectivity index (χ0n) is 20.1. The van der Waals surface area contributed by atoms with Gasteiger partial charge in [-0.25, -0.2) is 0 Å². The average Bonchev–Trinajstić information content (AvgIpc) is 2.55. The third-order valence-corrected chi connectivity index (χ3v) is 6.27. The van der Waals surface area contributed by atoms with Gasteiger partial charge in [-0.15, -0.1) is 0 Å². The molecular formula is C27H40O2. The predicted octanol–water partition coefficient (Wildman–Crippen LogP) is 7.49. The number of benzene rings is 2. The summed E-state index contributed by atoms with van der Waals surface area (Å²) in [6.45, 7) is 21.6. The van der Waals surface area contributed by atoms with E-state index in [-0.39, 0.29) is 16.7 Å². The van der Waals surface area contributed by atoms with E-state index < -0.39 is 0 Å².